The first-order valence-electron chi connectivity index (χ1n) is 14.1. The molecule has 1 amide bonds. The molecule has 41 heavy (non-hydrogen) atoms. The van der Waals surface area contributed by atoms with Crippen LogP contribution in [0.5, 0.6) is 5.75 Å². The standard InChI is InChI=1S/C31H35N3O6S/c1-4-14-33(2)41(38,39)32-29(35)20-10-12-23-26(15-20)34-18-31(30(36)37)17-25(31)24-16-21(40-3)11-13-22(24)28(34)27(23)19-8-6-5-7-9-19/h4,10-13,15-16,19,25H,1,5-9,14,17-18H2,2-3H3,(H,32,35)(H,36,37). The predicted molar refractivity (Wildman–Crippen MR) is 156 cm³/mol. The molecule has 1 aliphatic heterocycles. The highest BCUT2D eigenvalue weighted by Gasteiger charge is 2.63. The molecule has 2 heterocycles. The lowest BCUT2D eigenvalue weighted by Gasteiger charge is -2.24. The number of fused-ring (bicyclic) bond motifs is 7. The van der Waals surface area contributed by atoms with Gasteiger partial charge in [0.25, 0.3) is 5.91 Å². The van der Waals surface area contributed by atoms with Crippen LogP contribution in [0, 0.1) is 5.41 Å². The summed E-state index contributed by atoms with van der Waals surface area (Å²) in [4.78, 5) is 26.0. The van der Waals surface area contributed by atoms with Crippen molar-refractivity contribution in [2.45, 2.75) is 56.9 Å². The summed E-state index contributed by atoms with van der Waals surface area (Å²) in [5.41, 5.74) is 4.18. The number of nitrogens with zero attached hydrogens (tertiary/aromatic N) is 2. The molecular weight excluding hydrogens is 542 g/mol. The van der Waals surface area contributed by atoms with Crippen LogP contribution in [0.4, 0.5) is 0 Å². The highest BCUT2D eigenvalue weighted by Crippen LogP contribution is 2.65. The number of nitrogens with one attached hydrogen (secondary N) is 1. The number of carboxylic acids is 1. The van der Waals surface area contributed by atoms with Crippen LogP contribution in [0.25, 0.3) is 22.2 Å². The van der Waals surface area contributed by atoms with Gasteiger partial charge in [0.05, 0.1) is 18.2 Å². The molecule has 2 aliphatic carbocycles. The monoisotopic (exact) mass is 577 g/mol. The Labute approximate surface area is 240 Å². The van der Waals surface area contributed by atoms with Crippen LogP contribution in [0.15, 0.2) is 49.1 Å². The van der Waals surface area contributed by atoms with Gasteiger partial charge in [0, 0.05) is 48.1 Å². The Morgan fingerprint density at radius 3 is 2.63 bits per heavy atom. The van der Waals surface area contributed by atoms with Gasteiger partial charge in [0.15, 0.2) is 0 Å². The van der Waals surface area contributed by atoms with Crippen LogP contribution < -0.4 is 9.46 Å². The van der Waals surface area contributed by atoms with Crippen molar-refractivity contribution in [2.75, 3.05) is 20.7 Å². The van der Waals surface area contributed by atoms with Gasteiger partial charge in [-0.15, -0.1) is 6.58 Å². The fourth-order valence-electron chi connectivity index (χ4n) is 6.96. The zero-order chi connectivity index (χ0) is 29.1. The second-order valence-corrected chi connectivity index (χ2v) is 13.4. The largest absolute Gasteiger partial charge is 0.497 e. The molecule has 216 valence electrons. The van der Waals surface area contributed by atoms with Gasteiger partial charge in [0.2, 0.25) is 0 Å². The van der Waals surface area contributed by atoms with Gasteiger partial charge >= 0.3 is 16.2 Å². The van der Waals surface area contributed by atoms with Crippen molar-refractivity contribution in [3.05, 3.63) is 65.7 Å². The predicted octanol–water partition coefficient (Wildman–Crippen LogP) is 5.03. The van der Waals surface area contributed by atoms with Gasteiger partial charge in [-0.2, -0.15) is 12.7 Å². The molecule has 2 aromatic carbocycles. The topological polar surface area (TPSA) is 118 Å². The minimum Gasteiger partial charge on any atom is -0.497 e. The molecule has 0 spiro atoms. The van der Waals surface area contributed by atoms with Crippen LogP contribution in [-0.2, 0) is 21.5 Å². The lowest BCUT2D eigenvalue weighted by atomic mass is 9.81. The maximum Gasteiger partial charge on any atom is 0.312 e. The number of carboxylic acid groups (broad SMARTS) is 1. The minimum absolute atomic E-state index is 0.0568. The number of aromatic nitrogens is 1. The minimum atomic E-state index is -4.06. The van der Waals surface area contributed by atoms with Gasteiger partial charge in [-0.25, -0.2) is 4.72 Å². The fourth-order valence-corrected chi connectivity index (χ4v) is 7.77. The molecule has 0 saturated heterocycles. The van der Waals surface area contributed by atoms with Crippen molar-refractivity contribution in [1.29, 1.82) is 0 Å². The van der Waals surface area contributed by atoms with Crippen LogP contribution in [0.2, 0.25) is 0 Å². The van der Waals surface area contributed by atoms with Crippen molar-refractivity contribution < 1.29 is 27.9 Å². The van der Waals surface area contributed by atoms with Crippen LogP contribution >= 0.6 is 0 Å². The Morgan fingerprint density at radius 2 is 1.95 bits per heavy atom. The number of hydrogen-bond donors (Lipinski definition) is 2. The third kappa shape index (κ3) is 4.44. The smallest absolute Gasteiger partial charge is 0.312 e. The molecule has 6 rings (SSSR count). The summed E-state index contributed by atoms with van der Waals surface area (Å²) in [6.45, 7) is 3.89. The van der Waals surface area contributed by atoms with E-state index >= 15 is 0 Å². The molecule has 2 saturated carbocycles. The molecule has 10 heteroatoms. The van der Waals surface area contributed by atoms with Gasteiger partial charge < -0.3 is 14.4 Å². The van der Waals surface area contributed by atoms with Crippen LogP contribution in [0.1, 0.15) is 71.8 Å². The highest BCUT2D eigenvalue weighted by molar-refractivity contribution is 7.87. The molecule has 2 fully saturated rings. The van der Waals surface area contributed by atoms with E-state index in [1.807, 2.05) is 24.3 Å². The Balaban J connectivity index is 1.56. The lowest BCUT2D eigenvalue weighted by molar-refractivity contribution is -0.144. The average molecular weight is 578 g/mol. The summed E-state index contributed by atoms with van der Waals surface area (Å²) in [6, 6.07) is 11.2. The van der Waals surface area contributed by atoms with Crippen LogP contribution in [-0.4, -0.2) is 55.0 Å². The molecule has 3 aromatic rings. The Hall–Kier alpha value is -3.63. The maximum absolute atomic E-state index is 13.2. The molecule has 2 atom stereocenters. The number of carbonyl (C=O) groups is 2. The number of carbonyl (C=O) groups excluding carboxylic acids is 1. The van der Waals surface area contributed by atoms with Crippen molar-refractivity contribution in [1.82, 2.24) is 13.6 Å². The number of rotatable bonds is 8. The number of likely N-dealkylation sites (N-methyl/N-ethyl adjacent to an activating group) is 1. The lowest BCUT2D eigenvalue weighted by Crippen LogP contribution is -2.41. The van der Waals surface area contributed by atoms with Crippen LogP contribution in [0.3, 0.4) is 0 Å². The molecule has 3 aliphatic rings. The third-order valence-electron chi connectivity index (χ3n) is 9.23. The van der Waals surface area contributed by atoms with Gasteiger partial charge in [-0.3, -0.25) is 9.59 Å². The average Bonchev–Trinajstić information content (AvgIpc) is 3.64. The Kier molecular flexibility index (Phi) is 6.73. The van der Waals surface area contributed by atoms with E-state index in [1.54, 1.807) is 19.2 Å². The number of hydrogen-bond acceptors (Lipinski definition) is 5. The summed E-state index contributed by atoms with van der Waals surface area (Å²) in [6.07, 6.45) is 7.50. The second kappa shape index (κ2) is 10.0. The van der Waals surface area contributed by atoms with Crippen molar-refractivity contribution >= 4 is 33.0 Å². The number of aliphatic carboxylic acids is 1. The van der Waals surface area contributed by atoms with E-state index in [9.17, 15) is 23.1 Å². The normalized spacial score (nSPS) is 21.9. The highest BCUT2D eigenvalue weighted by atomic mass is 32.2. The van der Waals surface area contributed by atoms with Gasteiger partial charge in [-0.05, 0) is 66.6 Å². The quantitative estimate of drug-likeness (QED) is 0.363. The first-order valence-corrected chi connectivity index (χ1v) is 15.5. The third-order valence-corrected chi connectivity index (χ3v) is 10.6. The maximum atomic E-state index is 13.2. The zero-order valence-corrected chi connectivity index (χ0v) is 24.2. The van der Waals surface area contributed by atoms with Crippen molar-refractivity contribution in [3.63, 3.8) is 0 Å². The van der Waals surface area contributed by atoms with E-state index < -0.39 is 27.5 Å². The second-order valence-electron chi connectivity index (χ2n) is 11.6. The number of amides is 1. The van der Waals surface area contributed by atoms with E-state index in [0.717, 1.165) is 57.7 Å². The first-order chi connectivity index (χ1) is 19.6. The number of ether oxygens (including phenoxy) is 1. The molecule has 9 nitrogen and oxygen atoms in total. The number of benzene rings is 2. The van der Waals surface area contributed by atoms with Crippen molar-refractivity contribution in [3.8, 4) is 17.0 Å². The SMILES string of the molecule is C=CCN(C)S(=O)(=O)NC(=O)c1ccc2c(C3CCCCC3)c3n(c2c1)CC1(C(=O)O)CC1c1cc(OC)ccc1-3. The molecule has 0 radical (unpaired) electrons. The fraction of sp³-hybridized carbons (Fsp3) is 0.419. The van der Waals surface area contributed by atoms with E-state index in [1.165, 1.54) is 25.1 Å². The summed E-state index contributed by atoms with van der Waals surface area (Å²) in [5.74, 6) is -0.721. The van der Waals surface area contributed by atoms with E-state index in [-0.39, 0.29) is 24.6 Å². The molecule has 2 N–H and O–H groups in total. The first kappa shape index (κ1) is 27.5. The summed E-state index contributed by atoms with van der Waals surface area (Å²) in [7, 11) is -1.08. The molecule has 1 aromatic heterocycles. The van der Waals surface area contributed by atoms with Crippen molar-refractivity contribution in [2.24, 2.45) is 5.41 Å². The van der Waals surface area contributed by atoms with E-state index in [0.29, 0.717) is 18.1 Å². The molecule has 0 bridgehead atoms. The molecular formula is C31H35N3O6S. The number of methoxy groups -OCH3 is 1. The Morgan fingerprint density at radius 1 is 1.20 bits per heavy atom. The Bertz CT molecular complexity index is 1690. The van der Waals surface area contributed by atoms with E-state index in [4.69, 9.17) is 4.74 Å². The summed E-state index contributed by atoms with van der Waals surface area (Å²) < 4.78 is 36.1. The summed E-state index contributed by atoms with van der Waals surface area (Å²) in [5, 5.41) is 11.4. The van der Waals surface area contributed by atoms with Gasteiger partial charge in [-0.1, -0.05) is 31.4 Å². The van der Waals surface area contributed by atoms with E-state index in [2.05, 4.69) is 15.9 Å². The van der Waals surface area contributed by atoms with Gasteiger partial charge in [0.1, 0.15) is 5.75 Å². The zero-order valence-electron chi connectivity index (χ0n) is 23.4. The summed E-state index contributed by atoms with van der Waals surface area (Å²) >= 11 is 0. The molecule has 2 unspecified atom stereocenters.